The van der Waals surface area contributed by atoms with Crippen LogP contribution in [0.3, 0.4) is 0 Å². The number of carbonyl (C=O) groups is 1. The molecular formula is C12H17N3O3. The van der Waals surface area contributed by atoms with Crippen molar-refractivity contribution in [1.29, 1.82) is 0 Å². The van der Waals surface area contributed by atoms with Gasteiger partial charge in [-0.05, 0) is 19.4 Å². The molecule has 2 heterocycles. The molecule has 0 spiro atoms. The molecular weight excluding hydrogens is 234 g/mol. The van der Waals surface area contributed by atoms with Crippen molar-refractivity contribution >= 4 is 5.91 Å². The molecule has 0 radical (unpaired) electrons. The van der Waals surface area contributed by atoms with Gasteiger partial charge in [0.15, 0.2) is 0 Å². The summed E-state index contributed by atoms with van der Waals surface area (Å²) in [6.45, 7) is 7.29. The molecule has 0 unspecified atom stereocenters. The molecule has 1 aromatic rings. The summed E-state index contributed by atoms with van der Waals surface area (Å²) in [4.78, 5) is 23.7. The Morgan fingerprint density at radius 1 is 1.50 bits per heavy atom. The molecule has 1 aliphatic heterocycles. The number of nitrogens with one attached hydrogen (secondary N) is 2. The predicted octanol–water partition coefficient (Wildman–Crippen LogP) is 0.153. The van der Waals surface area contributed by atoms with Crippen molar-refractivity contribution in [3.8, 4) is 0 Å². The molecule has 0 bridgehead atoms. The number of H-pyrrole nitrogens is 1. The number of ether oxygens (including phenoxy) is 1. The number of nitrogens with zero attached hydrogens (tertiary/aromatic N) is 1. The number of rotatable bonds is 3. The number of hydrogen-bond donors (Lipinski definition) is 2. The second-order valence-electron chi connectivity index (χ2n) is 5.12. The quantitative estimate of drug-likeness (QED) is 0.801. The Morgan fingerprint density at radius 2 is 2.17 bits per heavy atom. The van der Waals surface area contributed by atoms with E-state index >= 15 is 0 Å². The molecule has 0 atom stereocenters. The monoisotopic (exact) mass is 251 g/mol. The fraction of sp³-hybridized carbons (Fsp3) is 0.583. The summed E-state index contributed by atoms with van der Waals surface area (Å²) in [6.07, 6.45) is 0. The zero-order valence-electron chi connectivity index (χ0n) is 10.8. The summed E-state index contributed by atoms with van der Waals surface area (Å²) in [6, 6.07) is 0. The van der Waals surface area contributed by atoms with E-state index in [9.17, 15) is 9.59 Å². The largest absolute Gasteiger partial charge is 0.380 e. The number of aromatic nitrogens is 2. The average Bonchev–Trinajstić information content (AvgIpc) is 2.29. The number of hydrogen-bond acceptors (Lipinski definition) is 4. The Morgan fingerprint density at radius 3 is 2.72 bits per heavy atom. The summed E-state index contributed by atoms with van der Waals surface area (Å²) in [5.74, 6) is -0.354. The molecule has 0 aliphatic carbocycles. The summed E-state index contributed by atoms with van der Waals surface area (Å²) < 4.78 is 5.11. The van der Waals surface area contributed by atoms with Crippen LogP contribution in [0.4, 0.5) is 0 Å². The van der Waals surface area contributed by atoms with Crippen molar-refractivity contribution in [2.75, 3.05) is 19.8 Å². The second-order valence-corrected chi connectivity index (χ2v) is 5.12. The van der Waals surface area contributed by atoms with E-state index in [4.69, 9.17) is 4.74 Å². The normalized spacial score (nSPS) is 17.1. The number of aromatic amines is 1. The standard InChI is InChI=1S/C12H17N3O3/c1-7-8(2)14-15-11(17)9(7)10(16)13-4-12(3)5-18-6-12/h4-6H2,1-3H3,(H,13,16)(H,15,17). The lowest BCUT2D eigenvalue weighted by molar-refractivity contribution is -0.0978. The molecule has 0 aromatic carbocycles. The molecule has 1 amide bonds. The molecule has 18 heavy (non-hydrogen) atoms. The highest BCUT2D eigenvalue weighted by Crippen LogP contribution is 2.25. The van der Waals surface area contributed by atoms with E-state index in [2.05, 4.69) is 15.5 Å². The van der Waals surface area contributed by atoms with Gasteiger partial charge >= 0.3 is 0 Å². The maximum atomic E-state index is 12.0. The second kappa shape index (κ2) is 4.53. The SMILES string of the molecule is Cc1n[nH]c(=O)c(C(=O)NCC2(C)COC2)c1C. The van der Waals surface area contributed by atoms with Crippen LogP contribution in [0.2, 0.25) is 0 Å². The van der Waals surface area contributed by atoms with E-state index in [0.717, 1.165) is 0 Å². The zero-order valence-corrected chi connectivity index (χ0v) is 10.8. The van der Waals surface area contributed by atoms with Gasteiger partial charge in [-0.2, -0.15) is 5.10 Å². The van der Waals surface area contributed by atoms with Gasteiger partial charge in [-0.25, -0.2) is 5.10 Å². The molecule has 1 saturated heterocycles. The van der Waals surface area contributed by atoms with E-state index in [0.29, 0.717) is 31.0 Å². The van der Waals surface area contributed by atoms with Crippen molar-refractivity contribution < 1.29 is 9.53 Å². The summed E-state index contributed by atoms with van der Waals surface area (Å²) in [5.41, 5.74) is 0.944. The van der Waals surface area contributed by atoms with E-state index in [1.807, 2.05) is 6.92 Å². The fourth-order valence-corrected chi connectivity index (χ4v) is 1.83. The first-order valence-corrected chi connectivity index (χ1v) is 5.85. The third kappa shape index (κ3) is 2.28. The van der Waals surface area contributed by atoms with Gasteiger partial charge in [0, 0.05) is 12.0 Å². The van der Waals surface area contributed by atoms with Crippen molar-refractivity contribution in [3.63, 3.8) is 0 Å². The van der Waals surface area contributed by atoms with E-state index in [1.165, 1.54) is 0 Å². The van der Waals surface area contributed by atoms with E-state index in [-0.39, 0.29) is 16.9 Å². The third-order valence-corrected chi connectivity index (χ3v) is 3.27. The molecule has 1 fully saturated rings. The molecule has 2 N–H and O–H groups in total. The number of carbonyl (C=O) groups excluding carboxylic acids is 1. The smallest absolute Gasteiger partial charge is 0.277 e. The minimum Gasteiger partial charge on any atom is -0.380 e. The number of amides is 1. The first-order chi connectivity index (χ1) is 8.43. The topological polar surface area (TPSA) is 84.1 Å². The maximum Gasteiger partial charge on any atom is 0.277 e. The van der Waals surface area contributed by atoms with Gasteiger partial charge < -0.3 is 10.1 Å². The highest BCUT2D eigenvalue weighted by atomic mass is 16.5. The Balaban J connectivity index is 2.14. The fourth-order valence-electron chi connectivity index (χ4n) is 1.83. The van der Waals surface area contributed by atoms with Crippen LogP contribution in [0.5, 0.6) is 0 Å². The van der Waals surface area contributed by atoms with Gasteiger partial charge in [0.05, 0.1) is 18.9 Å². The van der Waals surface area contributed by atoms with Crippen molar-refractivity contribution in [2.45, 2.75) is 20.8 Å². The van der Waals surface area contributed by atoms with Crippen LogP contribution in [0.1, 0.15) is 28.5 Å². The van der Waals surface area contributed by atoms with Gasteiger partial charge in [-0.3, -0.25) is 9.59 Å². The van der Waals surface area contributed by atoms with Gasteiger partial charge in [0.25, 0.3) is 11.5 Å². The van der Waals surface area contributed by atoms with Crippen molar-refractivity contribution in [3.05, 3.63) is 27.2 Å². The van der Waals surface area contributed by atoms with Crippen LogP contribution in [0.25, 0.3) is 0 Å². The Kier molecular flexibility index (Phi) is 3.21. The minimum absolute atomic E-state index is 0.0155. The van der Waals surface area contributed by atoms with Crippen LogP contribution in [0.15, 0.2) is 4.79 Å². The summed E-state index contributed by atoms with van der Waals surface area (Å²) >= 11 is 0. The highest BCUT2D eigenvalue weighted by Gasteiger charge is 2.34. The maximum absolute atomic E-state index is 12.0. The van der Waals surface area contributed by atoms with Crippen LogP contribution < -0.4 is 10.9 Å². The molecule has 2 rings (SSSR count). The zero-order chi connectivity index (χ0) is 13.3. The summed E-state index contributed by atoms with van der Waals surface area (Å²) in [5, 5.41) is 8.93. The van der Waals surface area contributed by atoms with Crippen molar-refractivity contribution in [1.82, 2.24) is 15.5 Å². The Bertz CT molecular complexity index is 532. The molecule has 6 nitrogen and oxygen atoms in total. The molecule has 0 saturated carbocycles. The summed E-state index contributed by atoms with van der Waals surface area (Å²) in [7, 11) is 0. The van der Waals surface area contributed by atoms with Crippen LogP contribution in [-0.4, -0.2) is 35.9 Å². The van der Waals surface area contributed by atoms with Gasteiger partial charge in [0.2, 0.25) is 0 Å². The predicted molar refractivity (Wildman–Crippen MR) is 65.6 cm³/mol. The first-order valence-electron chi connectivity index (χ1n) is 5.85. The lowest BCUT2D eigenvalue weighted by atomic mass is 9.88. The first kappa shape index (κ1) is 12.8. The average molecular weight is 251 g/mol. The van der Waals surface area contributed by atoms with E-state index in [1.54, 1.807) is 13.8 Å². The van der Waals surface area contributed by atoms with Gasteiger partial charge in [0.1, 0.15) is 5.56 Å². The van der Waals surface area contributed by atoms with Gasteiger partial charge in [-0.1, -0.05) is 6.92 Å². The molecule has 98 valence electrons. The number of aryl methyl sites for hydroxylation is 1. The minimum atomic E-state index is -0.453. The highest BCUT2D eigenvalue weighted by molar-refractivity contribution is 5.95. The molecule has 1 aliphatic rings. The van der Waals surface area contributed by atoms with Gasteiger partial charge in [-0.15, -0.1) is 0 Å². The van der Waals surface area contributed by atoms with Crippen LogP contribution >= 0.6 is 0 Å². The molecule has 6 heteroatoms. The Labute approximate surface area is 105 Å². The third-order valence-electron chi connectivity index (χ3n) is 3.27. The van der Waals surface area contributed by atoms with Crippen LogP contribution in [-0.2, 0) is 4.74 Å². The molecule has 1 aromatic heterocycles. The van der Waals surface area contributed by atoms with Crippen molar-refractivity contribution in [2.24, 2.45) is 5.41 Å². The van der Waals surface area contributed by atoms with Crippen LogP contribution in [0, 0.1) is 19.3 Å². The van der Waals surface area contributed by atoms with E-state index < -0.39 is 5.56 Å². The lowest BCUT2D eigenvalue weighted by Gasteiger charge is -2.38. The Hall–Kier alpha value is -1.69. The lowest BCUT2D eigenvalue weighted by Crippen LogP contribution is -2.49.